The van der Waals surface area contributed by atoms with Crippen molar-refractivity contribution in [3.63, 3.8) is 0 Å². The highest BCUT2D eigenvalue weighted by molar-refractivity contribution is 7.11. The fraction of sp³-hybridized carbons (Fsp3) is 0.231. The van der Waals surface area contributed by atoms with E-state index in [1.54, 1.807) is 11.3 Å². The maximum atomic E-state index is 13.0. The predicted molar refractivity (Wildman–Crippen MR) is 65.9 cm³/mol. The van der Waals surface area contributed by atoms with Gasteiger partial charge in [0.15, 0.2) is 17.5 Å². The fourth-order valence-electron chi connectivity index (χ4n) is 1.62. The van der Waals surface area contributed by atoms with E-state index >= 15 is 0 Å². The number of benzene rings is 1. The van der Waals surface area contributed by atoms with Gasteiger partial charge in [0.25, 0.3) is 0 Å². The normalized spacial score (nSPS) is 10.9. The van der Waals surface area contributed by atoms with Gasteiger partial charge >= 0.3 is 0 Å². The Morgan fingerprint density at radius 2 is 1.72 bits per heavy atom. The highest BCUT2D eigenvalue weighted by Gasteiger charge is 2.10. The summed E-state index contributed by atoms with van der Waals surface area (Å²) in [6.07, 6.45) is 0. The van der Waals surface area contributed by atoms with Crippen LogP contribution in [0, 0.1) is 24.4 Å². The lowest BCUT2D eigenvalue weighted by Crippen LogP contribution is -2.12. The average molecular weight is 271 g/mol. The molecule has 5 heteroatoms. The summed E-state index contributed by atoms with van der Waals surface area (Å²) < 4.78 is 38.6. The zero-order valence-electron chi connectivity index (χ0n) is 9.77. The summed E-state index contributed by atoms with van der Waals surface area (Å²) in [5.74, 6) is -3.73. The first-order chi connectivity index (χ1) is 8.56. The highest BCUT2D eigenvalue weighted by atomic mass is 32.1. The van der Waals surface area contributed by atoms with Crippen molar-refractivity contribution < 1.29 is 13.2 Å². The SMILES string of the molecule is Cc1ccc(CNCc2cc(F)c(F)c(F)c2)s1. The Hall–Kier alpha value is -1.33. The molecule has 1 aromatic heterocycles. The lowest BCUT2D eigenvalue weighted by Gasteiger charge is -2.05. The van der Waals surface area contributed by atoms with E-state index < -0.39 is 17.5 Å². The molecule has 0 saturated carbocycles. The van der Waals surface area contributed by atoms with Gasteiger partial charge in [-0.1, -0.05) is 0 Å². The zero-order valence-corrected chi connectivity index (χ0v) is 10.6. The lowest BCUT2D eigenvalue weighted by atomic mass is 10.2. The topological polar surface area (TPSA) is 12.0 Å². The second-order valence-electron chi connectivity index (χ2n) is 3.99. The molecule has 0 bridgehead atoms. The zero-order chi connectivity index (χ0) is 13.1. The standard InChI is InChI=1S/C13H12F3NS/c1-8-2-3-10(18-8)7-17-6-9-4-11(14)13(16)12(15)5-9/h2-5,17H,6-7H2,1H3. The van der Waals surface area contributed by atoms with E-state index in [0.29, 0.717) is 18.7 Å². The Kier molecular flexibility index (Phi) is 4.04. The van der Waals surface area contributed by atoms with E-state index in [9.17, 15) is 13.2 Å². The molecule has 0 aliphatic carbocycles. The van der Waals surface area contributed by atoms with Crippen molar-refractivity contribution in [1.82, 2.24) is 5.32 Å². The van der Waals surface area contributed by atoms with Crippen molar-refractivity contribution in [3.05, 3.63) is 57.0 Å². The Balaban J connectivity index is 1.94. The summed E-state index contributed by atoms with van der Waals surface area (Å²) >= 11 is 1.66. The predicted octanol–water partition coefficient (Wildman–Crippen LogP) is 3.76. The van der Waals surface area contributed by atoms with E-state index in [2.05, 4.69) is 5.32 Å². The van der Waals surface area contributed by atoms with E-state index in [-0.39, 0.29) is 0 Å². The first-order valence-electron chi connectivity index (χ1n) is 5.45. The third-order valence-corrected chi connectivity index (χ3v) is 3.47. The van der Waals surface area contributed by atoms with Crippen LogP contribution < -0.4 is 5.32 Å². The maximum absolute atomic E-state index is 13.0. The van der Waals surface area contributed by atoms with Crippen molar-refractivity contribution in [2.75, 3.05) is 0 Å². The number of rotatable bonds is 4. The van der Waals surface area contributed by atoms with Gasteiger partial charge in [0.2, 0.25) is 0 Å². The Labute approximate surface area is 107 Å². The van der Waals surface area contributed by atoms with Crippen molar-refractivity contribution in [2.45, 2.75) is 20.0 Å². The van der Waals surface area contributed by atoms with Crippen LogP contribution in [0.2, 0.25) is 0 Å². The van der Waals surface area contributed by atoms with Crippen molar-refractivity contribution >= 4 is 11.3 Å². The first-order valence-corrected chi connectivity index (χ1v) is 6.27. The summed E-state index contributed by atoms with van der Waals surface area (Å²) in [5.41, 5.74) is 0.389. The van der Waals surface area contributed by atoms with Gasteiger partial charge in [0, 0.05) is 22.8 Å². The van der Waals surface area contributed by atoms with Gasteiger partial charge in [0.1, 0.15) is 0 Å². The van der Waals surface area contributed by atoms with Crippen LogP contribution >= 0.6 is 11.3 Å². The van der Waals surface area contributed by atoms with E-state index in [1.165, 1.54) is 4.88 Å². The van der Waals surface area contributed by atoms with Gasteiger partial charge in [-0.15, -0.1) is 11.3 Å². The molecule has 1 N–H and O–H groups in total. The number of thiophene rings is 1. The number of halogens is 3. The monoisotopic (exact) mass is 271 g/mol. The number of hydrogen-bond acceptors (Lipinski definition) is 2. The van der Waals surface area contributed by atoms with Crippen LogP contribution in [0.1, 0.15) is 15.3 Å². The van der Waals surface area contributed by atoms with Gasteiger partial charge in [-0.25, -0.2) is 13.2 Å². The lowest BCUT2D eigenvalue weighted by molar-refractivity contribution is 0.444. The highest BCUT2D eigenvalue weighted by Crippen LogP contribution is 2.16. The molecule has 0 saturated heterocycles. The summed E-state index contributed by atoms with van der Waals surface area (Å²) in [6.45, 7) is 2.93. The van der Waals surface area contributed by atoms with E-state index in [0.717, 1.165) is 17.0 Å². The molecule has 2 aromatic rings. The average Bonchev–Trinajstić information content (AvgIpc) is 2.72. The van der Waals surface area contributed by atoms with Gasteiger partial charge in [-0.3, -0.25) is 0 Å². The molecule has 0 atom stereocenters. The van der Waals surface area contributed by atoms with Crippen LogP contribution in [-0.2, 0) is 13.1 Å². The molecule has 18 heavy (non-hydrogen) atoms. The minimum atomic E-state index is -1.42. The molecule has 0 amide bonds. The summed E-state index contributed by atoms with van der Waals surface area (Å²) in [7, 11) is 0. The quantitative estimate of drug-likeness (QED) is 0.835. The molecule has 0 unspecified atom stereocenters. The van der Waals surface area contributed by atoms with Gasteiger partial charge in [-0.05, 0) is 36.8 Å². The molecule has 0 radical (unpaired) electrons. The van der Waals surface area contributed by atoms with Gasteiger partial charge in [-0.2, -0.15) is 0 Å². The van der Waals surface area contributed by atoms with Crippen LogP contribution in [-0.4, -0.2) is 0 Å². The first kappa shape index (κ1) is 13.1. The molecule has 0 fully saturated rings. The second kappa shape index (κ2) is 5.54. The molecule has 96 valence electrons. The van der Waals surface area contributed by atoms with Crippen LogP contribution in [0.3, 0.4) is 0 Å². The minimum absolute atomic E-state index is 0.297. The fourth-order valence-corrected chi connectivity index (χ4v) is 2.48. The Morgan fingerprint density at radius 3 is 2.28 bits per heavy atom. The Bertz CT molecular complexity index is 528. The van der Waals surface area contributed by atoms with Crippen LogP contribution in [0.5, 0.6) is 0 Å². The van der Waals surface area contributed by atoms with Crippen LogP contribution in [0.15, 0.2) is 24.3 Å². The molecule has 0 spiro atoms. The summed E-state index contributed by atoms with van der Waals surface area (Å²) in [5, 5.41) is 3.06. The third kappa shape index (κ3) is 3.11. The summed E-state index contributed by atoms with van der Waals surface area (Å²) in [6, 6.07) is 6.02. The number of hydrogen-bond donors (Lipinski definition) is 1. The third-order valence-electron chi connectivity index (χ3n) is 2.47. The largest absolute Gasteiger partial charge is 0.308 e. The molecule has 1 aromatic carbocycles. The number of aryl methyl sites for hydroxylation is 1. The Morgan fingerprint density at radius 1 is 1.06 bits per heavy atom. The van der Waals surface area contributed by atoms with E-state index in [1.807, 2.05) is 19.1 Å². The molecular formula is C13H12F3NS. The minimum Gasteiger partial charge on any atom is -0.308 e. The maximum Gasteiger partial charge on any atom is 0.194 e. The van der Waals surface area contributed by atoms with Gasteiger partial charge < -0.3 is 5.32 Å². The van der Waals surface area contributed by atoms with Crippen molar-refractivity contribution in [1.29, 1.82) is 0 Å². The van der Waals surface area contributed by atoms with Crippen LogP contribution in [0.4, 0.5) is 13.2 Å². The van der Waals surface area contributed by atoms with E-state index in [4.69, 9.17) is 0 Å². The smallest absolute Gasteiger partial charge is 0.194 e. The second-order valence-corrected chi connectivity index (χ2v) is 5.36. The van der Waals surface area contributed by atoms with Crippen molar-refractivity contribution in [2.24, 2.45) is 0 Å². The van der Waals surface area contributed by atoms with Crippen molar-refractivity contribution in [3.8, 4) is 0 Å². The molecule has 1 heterocycles. The molecular weight excluding hydrogens is 259 g/mol. The van der Waals surface area contributed by atoms with Gasteiger partial charge in [0.05, 0.1) is 0 Å². The molecule has 0 aliphatic rings. The summed E-state index contributed by atoms with van der Waals surface area (Å²) in [4.78, 5) is 2.36. The molecule has 0 aliphatic heterocycles. The number of nitrogens with one attached hydrogen (secondary N) is 1. The van der Waals surface area contributed by atoms with Crippen LogP contribution in [0.25, 0.3) is 0 Å². The molecule has 2 rings (SSSR count). The molecule has 1 nitrogen and oxygen atoms in total.